The Morgan fingerprint density at radius 1 is 1.32 bits per heavy atom. The standard InChI is InChI=1S/C18H28N6S/c1-14(15-8-11-25-13-15)12-21-18(19-2)20-9-7-17-23-22-16-6-4-3-5-10-24(16)17/h8,11,13-14H,3-7,9-10,12H2,1-2H3,(H2,19,20,21). The molecule has 0 spiro atoms. The monoisotopic (exact) mass is 360 g/mol. The van der Waals surface area contributed by atoms with Crippen LogP contribution in [0.1, 0.15) is 49.3 Å². The predicted octanol–water partition coefficient (Wildman–Crippen LogP) is 2.58. The summed E-state index contributed by atoms with van der Waals surface area (Å²) in [5.74, 6) is 3.56. The molecule has 2 N–H and O–H groups in total. The molecule has 7 heteroatoms. The number of hydrogen-bond acceptors (Lipinski definition) is 4. The first-order valence-electron chi connectivity index (χ1n) is 9.15. The highest BCUT2D eigenvalue weighted by Gasteiger charge is 2.14. The third-order valence-corrected chi connectivity index (χ3v) is 5.44. The summed E-state index contributed by atoms with van der Waals surface area (Å²) in [6, 6.07) is 2.18. The summed E-state index contributed by atoms with van der Waals surface area (Å²) in [7, 11) is 1.81. The maximum Gasteiger partial charge on any atom is 0.191 e. The van der Waals surface area contributed by atoms with Gasteiger partial charge < -0.3 is 15.2 Å². The Morgan fingerprint density at radius 2 is 2.24 bits per heavy atom. The molecule has 2 aromatic heterocycles. The number of aryl methyl sites for hydroxylation is 1. The van der Waals surface area contributed by atoms with Gasteiger partial charge >= 0.3 is 0 Å². The van der Waals surface area contributed by atoms with Crippen LogP contribution in [0.4, 0.5) is 0 Å². The van der Waals surface area contributed by atoms with Crippen LogP contribution in [0, 0.1) is 0 Å². The van der Waals surface area contributed by atoms with E-state index in [1.165, 1.54) is 24.8 Å². The molecule has 0 saturated carbocycles. The van der Waals surface area contributed by atoms with Crippen LogP contribution in [0.25, 0.3) is 0 Å². The maximum absolute atomic E-state index is 4.38. The lowest BCUT2D eigenvalue weighted by Crippen LogP contribution is -2.40. The molecule has 0 amide bonds. The lowest BCUT2D eigenvalue weighted by molar-refractivity contribution is 0.599. The molecule has 0 aromatic carbocycles. The van der Waals surface area contributed by atoms with Gasteiger partial charge in [-0.05, 0) is 41.1 Å². The van der Waals surface area contributed by atoms with Gasteiger partial charge in [-0.3, -0.25) is 4.99 Å². The van der Waals surface area contributed by atoms with E-state index in [-0.39, 0.29) is 0 Å². The van der Waals surface area contributed by atoms with E-state index >= 15 is 0 Å². The van der Waals surface area contributed by atoms with Crippen LogP contribution in [0.5, 0.6) is 0 Å². The first-order valence-corrected chi connectivity index (χ1v) is 10.1. The van der Waals surface area contributed by atoms with Gasteiger partial charge in [0.2, 0.25) is 0 Å². The molecule has 6 nitrogen and oxygen atoms in total. The number of fused-ring (bicyclic) bond motifs is 1. The summed E-state index contributed by atoms with van der Waals surface area (Å²) >= 11 is 1.74. The largest absolute Gasteiger partial charge is 0.356 e. The zero-order valence-corrected chi connectivity index (χ0v) is 16.0. The summed E-state index contributed by atoms with van der Waals surface area (Å²) in [5, 5.41) is 19.9. The Balaban J connectivity index is 1.45. The van der Waals surface area contributed by atoms with Crippen molar-refractivity contribution in [2.24, 2.45) is 4.99 Å². The number of guanidine groups is 1. The molecule has 25 heavy (non-hydrogen) atoms. The summed E-state index contributed by atoms with van der Waals surface area (Å²) in [6.45, 7) is 4.97. The lowest BCUT2D eigenvalue weighted by Gasteiger charge is -2.15. The first kappa shape index (κ1) is 17.9. The summed E-state index contributed by atoms with van der Waals surface area (Å²) in [6.07, 6.45) is 5.68. The smallest absolute Gasteiger partial charge is 0.191 e. The fourth-order valence-corrected chi connectivity index (χ4v) is 3.95. The van der Waals surface area contributed by atoms with Gasteiger partial charge in [0.05, 0.1) is 0 Å². The van der Waals surface area contributed by atoms with Crippen molar-refractivity contribution in [3.8, 4) is 0 Å². The van der Waals surface area contributed by atoms with Crippen LogP contribution in [0.2, 0.25) is 0 Å². The molecule has 0 fully saturated rings. The van der Waals surface area contributed by atoms with Crippen LogP contribution in [0.15, 0.2) is 21.8 Å². The van der Waals surface area contributed by atoms with Crippen molar-refractivity contribution >= 4 is 17.3 Å². The lowest BCUT2D eigenvalue weighted by atomic mass is 10.1. The molecule has 0 radical (unpaired) electrons. The zero-order valence-electron chi connectivity index (χ0n) is 15.2. The second-order valence-corrected chi connectivity index (χ2v) is 7.36. The minimum Gasteiger partial charge on any atom is -0.356 e. The van der Waals surface area contributed by atoms with E-state index in [1.807, 2.05) is 7.05 Å². The second-order valence-electron chi connectivity index (χ2n) is 6.58. The van der Waals surface area contributed by atoms with E-state index in [0.29, 0.717) is 5.92 Å². The Morgan fingerprint density at radius 3 is 3.04 bits per heavy atom. The molecule has 1 atom stereocenters. The van der Waals surface area contributed by atoms with E-state index < -0.39 is 0 Å². The van der Waals surface area contributed by atoms with Gasteiger partial charge in [-0.25, -0.2) is 0 Å². The summed E-state index contributed by atoms with van der Waals surface area (Å²) < 4.78 is 2.31. The highest BCUT2D eigenvalue weighted by molar-refractivity contribution is 7.07. The fourth-order valence-electron chi connectivity index (χ4n) is 3.17. The molecule has 2 aromatic rings. The molecule has 0 bridgehead atoms. The van der Waals surface area contributed by atoms with Gasteiger partial charge in [-0.15, -0.1) is 10.2 Å². The minimum absolute atomic E-state index is 0.470. The molecule has 1 aliphatic heterocycles. The number of nitrogens with one attached hydrogen (secondary N) is 2. The maximum atomic E-state index is 4.38. The van der Waals surface area contributed by atoms with Crippen molar-refractivity contribution in [3.05, 3.63) is 34.0 Å². The van der Waals surface area contributed by atoms with Gasteiger partial charge in [0.1, 0.15) is 11.6 Å². The van der Waals surface area contributed by atoms with E-state index in [2.05, 4.69) is 54.1 Å². The van der Waals surface area contributed by atoms with Crippen LogP contribution in [-0.4, -0.2) is 40.9 Å². The molecular weight excluding hydrogens is 332 g/mol. The average Bonchev–Trinajstić information content (AvgIpc) is 3.23. The molecular formula is C18H28N6S. The number of rotatable bonds is 6. The van der Waals surface area contributed by atoms with E-state index in [1.54, 1.807) is 11.3 Å². The van der Waals surface area contributed by atoms with E-state index in [4.69, 9.17) is 0 Å². The van der Waals surface area contributed by atoms with Crippen LogP contribution in [0.3, 0.4) is 0 Å². The second kappa shape index (κ2) is 8.99. The molecule has 1 aliphatic rings. The van der Waals surface area contributed by atoms with Gasteiger partial charge in [-0.2, -0.15) is 11.3 Å². The Hall–Kier alpha value is -1.89. The highest BCUT2D eigenvalue weighted by atomic mass is 32.1. The first-order chi connectivity index (χ1) is 12.3. The number of thiophene rings is 1. The molecule has 0 aliphatic carbocycles. The van der Waals surface area contributed by atoms with Crippen molar-refractivity contribution in [2.75, 3.05) is 20.1 Å². The van der Waals surface area contributed by atoms with Crippen LogP contribution >= 0.6 is 11.3 Å². The number of aromatic nitrogens is 3. The Bertz CT molecular complexity index is 676. The highest BCUT2D eigenvalue weighted by Crippen LogP contribution is 2.17. The predicted molar refractivity (Wildman–Crippen MR) is 103 cm³/mol. The quantitative estimate of drug-likeness (QED) is 0.614. The number of aliphatic imine (C=N–C) groups is 1. The van der Waals surface area contributed by atoms with E-state index in [9.17, 15) is 0 Å². The third kappa shape index (κ3) is 4.81. The molecule has 136 valence electrons. The normalized spacial score (nSPS) is 16.2. The van der Waals surface area contributed by atoms with Crippen molar-refractivity contribution in [2.45, 2.75) is 51.5 Å². The summed E-state index contributed by atoms with van der Waals surface area (Å²) in [4.78, 5) is 4.32. The van der Waals surface area contributed by atoms with Gasteiger partial charge in [0, 0.05) is 39.5 Å². The Kier molecular flexibility index (Phi) is 6.44. The molecule has 3 heterocycles. The van der Waals surface area contributed by atoms with Crippen LogP contribution < -0.4 is 10.6 Å². The van der Waals surface area contributed by atoms with Gasteiger partial charge in [0.25, 0.3) is 0 Å². The zero-order chi connectivity index (χ0) is 17.5. The number of hydrogen-bond donors (Lipinski definition) is 2. The molecule has 1 unspecified atom stereocenters. The third-order valence-electron chi connectivity index (χ3n) is 4.74. The van der Waals surface area contributed by atoms with Crippen molar-refractivity contribution < 1.29 is 0 Å². The van der Waals surface area contributed by atoms with E-state index in [0.717, 1.165) is 50.1 Å². The van der Waals surface area contributed by atoms with Crippen molar-refractivity contribution in [3.63, 3.8) is 0 Å². The topological polar surface area (TPSA) is 67.1 Å². The number of nitrogens with zero attached hydrogens (tertiary/aromatic N) is 4. The van der Waals surface area contributed by atoms with Gasteiger partial charge in [-0.1, -0.05) is 13.3 Å². The molecule has 0 saturated heterocycles. The SMILES string of the molecule is CN=C(NCCc1nnc2n1CCCCC2)NCC(C)c1ccsc1. The Labute approximate surface area is 153 Å². The minimum atomic E-state index is 0.470. The fraction of sp³-hybridized carbons (Fsp3) is 0.611. The van der Waals surface area contributed by atoms with Gasteiger partial charge in [0.15, 0.2) is 5.96 Å². The van der Waals surface area contributed by atoms with Crippen molar-refractivity contribution in [1.82, 2.24) is 25.4 Å². The average molecular weight is 361 g/mol. The van der Waals surface area contributed by atoms with Crippen LogP contribution in [-0.2, 0) is 19.4 Å². The molecule has 3 rings (SSSR count). The van der Waals surface area contributed by atoms with Crippen molar-refractivity contribution in [1.29, 1.82) is 0 Å². The summed E-state index contributed by atoms with van der Waals surface area (Å²) in [5.41, 5.74) is 1.37.